The zero-order valence-electron chi connectivity index (χ0n) is 14.9. The van der Waals surface area contributed by atoms with Crippen LogP contribution < -0.4 is 0 Å². The van der Waals surface area contributed by atoms with Crippen LogP contribution in [0.5, 0.6) is 0 Å². The lowest BCUT2D eigenvalue weighted by Crippen LogP contribution is -2.15. The molecule has 0 saturated heterocycles. The molecule has 3 rings (SSSR count). The summed E-state index contributed by atoms with van der Waals surface area (Å²) in [7, 11) is 0. The summed E-state index contributed by atoms with van der Waals surface area (Å²) in [6.07, 6.45) is -9.90. The summed E-state index contributed by atoms with van der Waals surface area (Å²) in [5, 5.41) is 0. The van der Waals surface area contributed by atoms with E-state index >= 15 is 0 Å². The normalized spacial score (nSPS) is 12.3. The average Bonchev–Trinajstić information content (AvgIpc) is 2.59. The highest BCUT2D eigenvalue weighted by molar-refractivity contribution is 5.86. The SMILES string of the molecule is Cc1cc(C(F)(F)F)c(-c2ccccc2-c2cccc(C)n2)c(C(F)(F)F)c1. The van der Waals surface area contributed by atoms with Crippen molar-refractivity contribution in [1.82, 2.24) is 4.98 Å². The Hall–Kier alpha value is -2.83. The van der Waals surface area contributed by atoms with E-state index in [4.69, 9.17) is 0 Å². The molecule has 0 bridgehead atoms. The fraction of sp³-hybridized carbons (Fsp3) is 0.190. The number of halogens is 6. The van der Waals surface area contributed by atoms with Crippen molar-refractivity contribution in [2.45, 2.75) is 26.2 Å². The van der Waals surface area contributed by atoms with Crippen LogP contribution in [0.25, 0.3) is 22.4 Å². The summed E-state index contributed by atoms with van der Waals surface area (Å²) in [4.78, 5) is 4.27. The molecular formula is C21H15F6N. The number of pyridine rings is 1. The Labute approximate surface area is 157 Å². The molecule has 3 aromatic rings. The van der Waals surface area contributed by atoms with Gasteiger partial charge in [0, 0.05) is 16.8 Å². The molecule has 1 heterocycles. The van der Waals surface area contributed by atoms with Crippen LogP contribution in [0.1, 0.15) is 22.4 Å². The lowest BCUT2D eigenvalue weighted by molar-refractivity contribution is -0.142. The topological polar surface area (TPSA) is 12.9 Å². The van der Waals surface area contributed by atoms with Gasteiger partial charge >= 0.3 is 12.4 Å². The van der Waals surface area contributed by atoms with Crippen molar-refractivity contribution in [3.8, 4) is 22.4 Å². The molecule has 0 unspecified atom stereocenters. The van der Waals surface area contributed by atoms with Crippen LogP contribution in [0.4, 0.5) is 26.3 Å². The summed E-state index contributed by atoms with van der Waals surface area (Å²) < 4.78 is 82.2. The first-order chi connectivity index (χ1) is 13.0. The summed E-state index contributed by atoms with van der Waals surface area (Å²) in [5.74, 6) is 0. The minimum absolute atomic E-state index is 0.116. The van der Waals surface area contributed by atoms with Gasteiger partial charge in [-0.25, -0.2) is 0 Å². The smallest absolute Gasteiger partial charge is 0.253 e. The number of alkyl halides is 6. The Morgan fingerprint density at radius 1 is 0.679 bits per heavy atom. The van der Waals surface area contributed by atoms with Gasteiger partial charge in [-0.15, -0.1) is 0 Å². The van der Waals surface area contributed by atoms with E-state index in [0.717, 1.165) is 12.1 Å². The highest BCUT2D eigenvalue weighted by atomic mass is 19.4. The molecule has 1 nitrogen and oxygen atoms in total. The predicted molar refractivity (Wildman–Crippen MR) is 94.6 cm³/mol. The van der Waals surface area contributed by atoms with Gasteiger partial charge in [0.15, 0.2) is 0 Å². The number of hydrogen-bond acceptors (Lipinski definition) is 1. The Morgan fingerprint density at radius 2 is 1.21 bits per heavy atom. The van der Waals surface area contributed by atoms with Crippen LogP contribution in [0, 0.1) is 13.8 Å². The number of hydrogen-bond donors (Lipinski definition) is 0. The molecule has 1 aromatic heterocycles. The fourth-order valence-corrected chi connectivity index (χ4v) is 3.14. The van der Waals surface area contributed by atoms with Crippen molar-refractivity contribution in [3.63, 3.8) is 0 Å². The van der Waals surface area contributed by atoms with Crippen LogP contribution in [-0.2, 0) is 12.4 Å². The maximum Gasteiger partial charge on any atom is 0.417 e. The lowest BCUT2D eigenvalue weighted by Gasteiger charge is -2.22. The van der Waals surface area contributed by atoms with Gasteiger partial charge in [0.1, 0.15) is 0 Å². The second-order valence-corrected chi connectivity index (χ2v) is 6.44. The van der Waals surface area contributed by atoms with Gasteiger partial charge in [-0.1, -0.05) is 30.3 Å². The second kappa shape index (κ2) is 6.96. The summed E-state index contributed by atoms with van der Waals surface area (Å²) in [6.45, 7) is 2.91. The van der Waals surface area contributed by atoms with E-state index < -0.39 is 29.0 Å². The number of rotatable bonds is 2. The molecule has 146 valence electrons. The molecule has 0 fully saturated rings. The summed E-state index contributed by atoms with van der Waals surface area (Å²) in [6, 6.07) is 12.1. The largest absolute Gasteiger partial charge is 0.417 e. The average molecular weight is 395 g/mol. The van der Waals surface area contributed by atoms with Crippen molar-refractivity contribution < 1.29 is 26.3 Å². The molecular weight excluding hydrogens is 380 g/mol. The van der Waals surface area contributed by atoms with Gasteiger partial charge < -0.3 is 0 Å². The molecule has 0 saturated carbocycles. The predicted octanol–water partition coefficient (Wildman–Crippen LogP) is 7.07. The van der Waals surface area contributed by atoms with E-state index in [9.17, 15) is 26.3 Å². The van der Waals surface area contributed by atoms with Crippen molar-refractivity contribution in [2.24, 2.45) is 0 Å². The van der Waals surface area contributed by atoms with Gasteiger partial charge in [-0.3, -0.25) is 4.98 Å². The molecule has 7 heteroatoms. The molecule has 2 aromatic carbocycles. The van der Waals surface area contributed by atoms with Crippen LogP contribution in [0.2, 0.25) is 0 Å². The molecule has 28 heavy (non-hydrogen) atoms. The zero-order valence-corrected chi connectivity index (χ0v) is 14.9. The number of aryl methyl sites for hydroxylation is 2. The third-order valence-electron chi connectivity index (χ3n) is 4.25. The Morgan fingerprint density at radius 3 is 1.71 bits per heavy atom. The van der Waals surface area contributed by atoms with Gasteiger partial charge in [-0.2, -0.15) is 26.3 Å². The third kappa shape index (κ3) is 3.88. The van der Waals surface area contributed by atoms with Gasteiger partial charge in [0.2, 0.25) is 0 Å². The van der Waals surface area contributed by atoms with Crippen LogP contribution in [0.15, 0.2) is 54.6 Å². The van der Waals surface area contributed by atoms with E-state index in [1.54, 1.807) is 31.2 Å². The Bertz CT molecular complexity index is 983. The molecule has 0 aliphatic rings. The summed E-state index contributed by atoms with van der Waals surface area (Å²) in [5.41, 5.74) is -2.70. The first-order valence-corrected chi connectivity index (χ1v) is 8.31. The second-order valence-electron chi connectivity index (χ2n) is 6.44. The fourth-order valence-electron chi connectivity index (χ4n) is 3.14. The van der Waals surface area contributed by atoms with Gasteiger partial charge in [-0.05, 0) is 49.2 Å². The molecule has 0 atom stereocenters. The van der Waals surface area contributed by atoms with Crippen LogP contribution >= 0.6 is 0 Å². The zero-order chi connectivity index (χ0) is 20.7. The standard InChI is InChI=1S/C21H15F6N/c1-12-10-16(20(22,23)24)19(17(11-12)21(25,26)27)15-8-4-3-7-14(15)18-9-5-6-13(2)28-18/h3-11H,1-2H3. The minimum atomic E-state index is -4.95. The molecule has 0 N–H and O–H groups in total. The maximum atomic E-state index is 13.7. The maximum absolute atomic E-state index is 13.7. The van der Waals surface area contributed by atoms with Crippen molar-refractivity contribution in [3.05, 3.63) is 77.0 Å². The lowest BCUT2D eigenvalue weighted by atomic mass is 9.88. The van der Waals surface area contributed by atoms with Gasteiger partial charge in [0.05, 0.1) is 16.8 Å². The molecule has 0 amide bonds. The third-order valence-corrected chi connectivity index (χ3v) is 4.25. The van der Waals surface area contributed by atoms with Crippen molar-refractivity contribution in [2.75, 3.05) is 0 Å². The Kier molecular flexibility index (Phi) is 4.95. The van der Waals surface area contributed by atoms with E-state index in [1.165, 1.54) is 25.1 Å². The minimum Gasteiger partial charge on any atom is -0.253 e. The number of aromatic nitrogens is 1. The first kappa shape index (κ1) is 19.9. The quantitative estimate of drug-likeness (QED) is 0.423. The van der Waals surface area contributed by atoms with E-state index in [0.29, 0.717) is 11.4 Å². The van der Waals surface area contributed by atoms with E-state index in [2.05, 4.69) is 4.98 Å². The van der Waals surface area contributed by atoms with Gasteiger partial charge in [0.25, 0.3) is 0 Å². The van der Waals surface area contributed by atoms with Crippen molar-refractivity contribution >= 4 is 0 Å². The van der Waals surface area contributed by atoms with E-state index in [1.807, 2.05) is 0 Å². The molecule has 0 aliphatic heterocycles. The Balaban J connectivity index is 2.43. The monoisotopic (exact) mass is 395 g/mol. The number of nitrogens with zero attached hydrogens (tertiary/aromatic N) is 1. The van der Waals surface area contributed by atoms with E-state index in [-0.39, 0.29) is 16.7 Å². The first-order valence-electron chi connectivity index (χ1n) is 8.31. The molecule has 0 spiro atoms. The summed E-state index contributed by atoms with van der Waals surface area (Å²) >= 11 is 0. The number of benzene rings is 2. The van der Waals surface area contributed by atoms with Crippen LogP contribution in [-0.4, -0.2) is 4.98 Å². The van der Waals surface area contributed by atoms with Crippen molar-refractivity contribution in [1.29, 1.82) is 0 Å². The highest BCUT2D eigenvalue weighted by Crippen LogP contribution is 2.47. The molecule has 0 radical (unpaired) electrons. The molecule has 0 aliphatic carbocycles. The highest BCUT2D eigenvalue weighted by Gasteiger charge is 2.42. The van der Waals surface area contributed by atoms with Crippen LogP contribution in [0.3, 0.4) is 0 Å².